The van der Waals surface area contributed by atoms with Crippen molar-refractivity contribution >= 4 is 39.4 Å². The van der Waals surface area contributed by atoms with Crippen LogP contribution < -0.4 is 4.90 Å². The molecule has 2 aromatic carbocycles. The van der Waals surface area contributed by atoms with E-state index in [-0.39, 0.29) is 11.7 Å². The van der Waals surface area contributed by atoms with E-state index >= 15 is 0 Å². The van der Waals surface area contributed by atoms with E-state index in [1.54, 1.807) is 29.2 Å². The number of nitrogens with zero attached hydrogens (tertiary/aromatic N) is 1. The van der Waals surface area contributed by atoms with Crippen LogP contribution in [0.2, 0.25) is 0 Å². The van der Waals surface area contributed by atoms with Gasteiger partial charge < -0.3 is 4.90 Å². The Kier molecular flexibility index (Phi) is 4.72. The van der Waals surface area contributed by atoms with Crippen molar-refractivity contribution in [2.45, 2.75) is 12.8 Å². The summed E-state index contributed by atoms with van der Waals surface area (Å²) < 4.78 is 0.974. The van der Waals surface area contributed by atoms with Gasteiger partial charge in [-0.1, -0.05) is 46.3 Å². The summed E-state index contributed by atoms with van der Waals surface area (Å²) in [6.07, 6.45) is 4.81. The van der Waals surface area contributed by atoms with Gasteiger partial charge in [0.1, 0.15) is 0 Å². The minimum atomic E-state index is -0.0709. The fraction of sp³-hybridized carbons (Fsp3) is 0.158. The van der Waals surface area contributed by atoms with Gasteiger partial charge in [-0.25, -0.2) is 0 Å². The van der Waals surface area contributed by atoms with Crippen molar-refractivity contribution in [1.29, 1.82) is 0 Å². The van der Waals surface area contributed by atoms with E-state index in [0.29, 0.717) is 12.0 Å². The van der Waals surface area contributed by atoms with Crippen LogP contribution in [0.1, 0.15) is 28.8 Å². The third-order valence-electron chi connectivity index (χ3n) is 3.79. The normalized spacial score (nSPS) is 14.7. The maximum Gasteiger partial charge on any atom is 0.227 e. The summed E-state index contributed by atoms with van der Waals surface area (Å²) in [6, 6.07) is 15.0. The molecular weight excluding hydrogens is 354 g/mol. The van der Waals surface area contributed by atoms with Gasteiger partial charge in [-0.3, -0.25) is 9.59 Å². The predicted molar refractivity (Wildman–Crippen MR) is 95.5 cm³/mol. The number of benzene rings is 2. The molecule has 0 saturated carbocycles. The second-order valence-corrected chi connectivity index (χ2v) is 6.37. The first kappa shape index (κ1) is 15.7. The molecule has 0 spiro atoms. The van der Waals surface area contributed by atoms with Crippen LogP contribution in [0.5, 0.6) is 0 Å². The molecule has 0 N–H and O–H groups in total. The van der Waals surface area contributed by atoms with E-state index in [2.05, 4.69) is 15.9 Å². The van der Waals surface area contributed by atoms with Crippen LogP contribution in [0.4, 0.5) is 5.69 Å². The van der Waals surface area contributed by atoms with Crippen LogP contribution >= 0.6 is 15.9 Å². The van der Waals surface area contributed by atoms with Crippen LogP contribution in [0, 0.1) is 0 Å². The zero-order valence-corrected chi connectivity index (χ0v) is 14.1. The molecule has 3 nitrogen and oxygen atoms in total. The quantitative estimate of drug-likeness (QED) is 0.588. The minimum absolute atomic E-state index is 0.0709. The standard InChI is InChI=1S/C19H16BrNO2/c20-16-6-1-4-14(12-16)9-10-18(22)15-5-2-7-17(13-15)21-11-3-8-19(21)23/h1-2,4-7,9-10,12-13H,3,8,11H2/b10-9+. The van der Waals surface area contributed by atoms with Crippen LogP contribution in [0.3, 0.4) is 0 Å². The van der Waals surface area contributed by atoms with Crippen molar-refractivity contribution in [3.63, 3.8) is 0 Å². The van der Waals surface area contributed by atoms with E-state index in [9.17, 15) is 9.59 Å². The maximum atomic E-state index is 12.3. The molecule has 0 bridgehead atoms. The molecule has 1 heterocycles. The van der Waals surface area contributed by atoms with Gasteiger partial charge in [0, 0.05) is 28.7 Å². The first-order valence-electron chi connectivity index (χ1n) is 7.52. The summed E-state index contributed by atoms with van der Waals surface area (Å²) in [5.74, 6) is 0.0535. The van der Waals surface area contributed by atoms with Crippen LogP contribution in [-0.2, 0) is 4.79 Å². The molecule has 2 aromatic rings. The van der Waals surface area contributed by atoms with Crippen LogP contribution in [-0.4, -0.2) is 18.2 Å². The molecule has 1 amide bonds. The topological polar surface area (TPSA) is 37.4 Å². The Hall–Kier alpha value is -2.20. The first-order valence-corrected chi connectivity index (χ1v) is 8.31. The van der Waals surface area contributed by atoms with Gasteiger partial charge in [-0.15, -0.1) is 0 Å². The van der Waals surface area contributed by atoms with Gasteiger partial charge >= 0.3 is 0 Å². The largest absolute Gasteiger partial charge is 0.312 e. The number of carbonyl (C=O) groups excluding carboxylic acids is 2. The molecule has 3 rings (SSSR count). The average molecular weight is 370 g/mol. The summed E-state index contributed by atoms with van der Waals surface area (Å²) in [6.45, 7) is 0.727. The summed E-state index contributed by atoms with van der Waals surface area (Å²) in [5.41, 5.74) is 2.35. The van der Waals surface area contributed by atoms with Gasteiger partial charge in [-0.2, -0.15) is 0 Å². The van der Waals surface area contributed by atoms with Crippen LogP contribution in [0.25, 0.3) is 6.08 Å². The number of hydrogen-bond acceptors (Lipinski definition) is 2. The number of carbonyl (C=O) groups is 2. The molecule has 1 saturated heterocycles. The molecule has 0 aliphatic carbocycles. The number of hydrogen-bond donors (Lipinski definition) is 0. The Bertz CT molecular complexity index is 782. The smallest absolute Gasteiger partial charge is 0.227 e. The van der Waals surface area contributed by atoms with Crippen molar-refractivity contribution in [2.75, 3.05) is 11.4 Å². The molecule has 1 fully saturated rings. The van der Waals surface area contributed by atoms with E-state index in [4.69, 9.17) is 0 Å². The lowest BCUT2D eigenvalue weighted by molar-refractivity contribution is -0.117. The second kappa shape index (κ2) is 6.92. The van der Waals surface area contributed by atoms with Crippen molar-refractivity contribution in [1.82, 2.24) is 0 Å². The summed E-state index contributed by atoms with van der Waals surface area (Å²) >= 11 is 3.41. The van der Waals surface area contributed by atoms with Gasteiger partial charge in [0.25, 0.3) is 0 Å². The highest BCUT2D eigenvalue weighted by Crippen LogP contribution is 2.22. The fourth-order valence-corrected chi connectivity index (χ4v) is 3.04. The van der Waals surface area contributed by atoms with Gasteiger partial charge in [-0.05, 0) is 42.3 Å². The monoisotopic (exact) mass is 369 g/mol. The first-order chi connectivity index (χ1) is 11.1. The van der Waals surface area contributed by atoms with Gasteiger partial charge in [0.05, 0.1) is 0 Å². The molecular formula is C19H16BrNO2. The van der Waals surface area contributed by atoms with E-state index in [1.165, 1.54) is 0 Å². The summed E-state index contributed by atoms with van der Waals surface area (Å²) in [5, 5.41) is 0. The number of allylic oxidation sites excluding steroid dienone is 1. The molecule has 0 atom stereocenters. The van der Waals surface area contributed by atoms with Gasteiger partial charge in [0.2, 0.25) is 5.91 Å². The molecule has 0 radical (unpaired) electrons. The lowest BCUT2D eigenvalue weighted by atomic mass is 10.1. The number of ketones is 1. The lowest BCUT2D eigenvalue weighted by Gasteiger charge is -2.16. The fourth-order valence-electron chi connectivity index (χ4n) is 2.63. The lowest BCUT2D eigenvalue weighted by Crippen LogP contribution is -2.23. The highest BCUT2D eigenvalue weighted by molar-refractivity contribution is 9.10. The van der Waals surface area contributed by atoms with Crippen molar-refractivity contribution in [3.8, 4) is 0 Å². The minimum Gasteiger partial charge on any atom is -0.312 e. The third-order valence-corrected chi connectivity index (χ3v) is 4.28. The molecule has 116 valence electrons. The Morgan fingerprint density at radius 2 is 1.96 bits per heavy atom. The summed E-state index contributed by atoms with van der Waals surface area (Å²) in [7, 11) is 0. The molecule has 4 heteroatoms. The van der Waals surface area contributed by atoms with E-state index in [0.717, 1.165) is 28.7 Å². The highest BCUT2D eigenvalue weighted by atomic mass is 79.9. The average Bonchev–Trinajstić information content (AvgIpc) is 2.99. The molecule has 1 aliphatic rings. The van der Waals surface area contributed by atoms with Crippen LogP contribution in [0.15, 0.2) is 59.1 Å². The summed E-state index contributed by atoms with van der Waals surface area (Å²) in [4.78, 5) is 25.9. The molecule has 1 aliphatic heterocycles. The van der Waals surface area contributed by atoms with E-state index < -0.39 is 0 Å². The molecule has 0 aromatic heterocycles. The van der Waals surface area contributed by atoms with Crippen molar-refractivity contribution in [2.24, 2.45) is 0 Å². The predicted octanol–water partition coefficient (Wildman–Crippen LogP) is 4.47. The number of rotatable bonds is 4. The number of anilines is 1. The molecule has 0 unspecified atom stereocenters. The van der Waals surface area contributed by atoms with Gasteiger partial charge in [0.15, 0.2) is 5.78 Å². The zero-order valence-electron chi connectivity index (χ0n) is 12.5. The zero-order chi connectivity index (χ0) is 16.2. The molecule has 23 heavy (non-hydrogen) atoms. The Labute approximate surface area is 143 Å². The Morgan fingerprint density at radius 3 is 2.70 bits per heavy atom. The highest BCUT2D eigenvalue weighted by Gasteiger charge is 2.21. The maximum absolute atomic E-state index is 12.3. The second-order valence-electron chi connectivity index (χ2n) is 5.45. The Morgan fingerprint density at radius 1 is 1.13 bits per heavy atom. The number of halogens is 1. The SMILES string of the molecule is O=C(/C=C/c1cccc(Br)c1)c1cccc(N2CCCC2=O)c1. The van der Waals surface area contributed by atoms with Crippen molar-refractivity contribution in [3.05, 3.63) is 70.2 Å². The third kappa shape index (κ3) is 3.77. The number of amides is 1. The van der Waals surface area contributed by atoms with E-state index in [1.807, 2.05) is 36.4 Å². The van der Waals surface area contributed by atoms with Crippen molar-refractivity contribution < 1.29 is 9.59 Å². The Balaban J connectivity index is 1.78.